The number of para-hydroxylation sites is 1. The van der Waals surface area contributed by atoms with E-state index in [1.54, 1.807) is 18.2 Å². The molecule has 1 rings (SSSR count). The fourth-order valence-corrected chi connectivity index (χ4v) is 1.15. The lowest BCUT2D eigenvalue weighted by Crippen LogP contribution is -2.01. The van der Waals surface area contributed by atoms with E-state index in [1.807, 2.05) is 0 Å². The average molecular weight is 155 g/mol. The van der Waals surface area contributed by atoms with E-state index in [9.17, 15) is 9.13 Å². The van der Waals surface area contributed by atoms with Crippen LogP contribution in [0.15, 0.2) is 24.3 Å². The second-order valence-corrected chi connectivity index (χ2v) is 2.81. The van der Waals surface area contributed by atoms with Gasteiger partial charge in [-0.25, -0.2) is 9.13 Å². The van der Waals surface area contributed by atoms with Gasteiger partial charge < -0.3 is 5.73 Å². The smallest absolute Gasteiger partial charge is 0.350 e. The molecule has 0 amide bonds. The summed E-state index contributed by atoms with van der Waals surface area (Å²) >= 11 is 0. The van der Waals surface area contributed by atoms with Gasteiger partial charge in [0, 0.05) is 5.69 Å². The van der Waals surface area contributed by atoms with Gasteiger partial charge in [-0.3, -0.25) is 0 Å². The van der Waals surface area contributed by atoms with Gasteiger partial charge in [-0.2, -0.15) is 0 Å². The molecule has 2 N–H and O–H groups in total. The lowest BCUT2D eigenvalue weighted by molar-refractivity contribution is 0.523. The minimum atomic E-state index is -2.54. The molecule has 0 atom stereocenters. The van der Waals surface area contributed by atoms with Crippen LogP contribution >= 0.6 is 7.68 Å². The Morgan fingerprint density at radius 1 is 1.20 bits per heavy atom. The monoisotopic (exact) mass is 155 g/mol. The van der Waals surface area contributed by atoms with Crippen molar-refractivity contribution in [3.8, 4) is 0 Å². The Hall–Kier alpha value is -1.08. The number of anilines is 1. The van der Waals surface area contributed by atoms with Crippen LogP contribution in [0.5, 0.6) is 0 Å². The van der Waals surface area contributed by atoms with E-state index in [4.69, 9.17) is 5.73 Å². The van der Waals surface area contributed by atoms with E-state index in [2.05, 4.69) is 0 Å². The van der Waals surface area contributed by atoms with Crippen LogP contribution in [0.25, 0.3) is 0 Å². The normalized spacial score (nSPS) is 9.20. The maximum Gasteiger partial charge on any atom is 0.350 e. The van der Waals surface area contributed by atoms with Crippen molar-refractivity contribution < 1.29 is 9.13 Å². The van der Waals surface area contributed by atoms with Crippen LogP contribution in [0.4, 0.5) is 5.69 Å². The number of benzene rings is 1. The van der Waals surface area contributed by atoms with Gasteiger partial charge >= 0.3 is 7.68 Å². The third kappa shape index (κ3) is 1.25. The van der Waals surface area contributed by atoms with Crippen molar-refractivity contribution in [2.75, 3.05) is 5.73 Å². The highest BCUT2D eigenvalue weighted by molar-refractivity contribution is 7.41. The zero-order valence-corrected chi connectivity index (χ0v) is 6.04. The van der Waals surface area contributed by atoms with Crippen LogP contribution in [-0.2, 0) is 9.13 Å². The Kier molecular flexibility index (Phi) is 1.88. The number of rotatable bonds is 1. The maximum absolute atomic E-state index is 10.4. The molecule has 0 aliphatic heterocycles. The van der Waals surface area contributed by atoms with Crippen molar-refractivity contribution in [3.05, 3.63) is 24.3 Å². The summed E-state index contributed by atoms with van der Waals surface area (Å²) in [6.07, 6.45) is 0. The van der Waals surface area contributed by atoms with Gasteiger partial charge in [-0.05, 0) is 12.1 Å². The van der Waals surface area contributed by atoms with Gasteiger partial charge in [0.05, 0.1) is 5.30 Å². The molecule has 4 heteroatoms. The van der Waals surface area contributed by atoms with Gasteiger partial charge in [0.25, 0.3) is 0 Å². The predicted molar refractivity (Wildman–Crippen MR) is 38.8 cm³/mol. The van der Waals surface area contributed by atoms with Crippen molar-refractivity contribution in [2.24, 2.45) is 0 Å². The van der Waals surface area contributed by atoms with Crippen molar-refractivity contribution in [1.82, 2.24) is 0 Å². The number of nitrogen functional groups attached to an aromatic ring is 1. The van der Waals surface area contributed by atoms with Crippen LogP contribution in [0.3, 0.4) is 0 Å². The van der Waals surface area contributed by atoms with Gasteiger partial charge in [-0.1, -0.05) is 12.1 Å². The standard InChI is InChI=1S/C6H6NO2P/c7-5-3-1-2-4-6(5)10(8)9/h1-4H,7H2. The Morgan fingerprint density at radius 3 is 2.20 bits per heavy atom. The Balaban J connectivity index is 3.28. The molecule has 1 aromatic rings. The van der Waals surface area contributed by atoms with Crippen LogP contribution in [0.2, 0.25) is 0 Å². The summed E-state index contributed by atoms with van der Waals surface area (Å²) in [6.45, 7) is 0. The molecule has 0 saturated heterocycles. The average Bonchev–Trinajstić information content (AvgIpc) is 1.88. The zero-order chi connectivity index (χ0) is 7.56. The van der Waals surface area contributed by atoms with Crippen molar-refractivity contribution in [2.45, 2.75) is 0 Å². The molecule has 0 saturated carbocycles. The second-order valence-electron chi connectivity index (χ2n) is 1.82. The fourth-order valence-electron chi connectivity index (χ4n) is 0.654. The Morgan fingerprint density at radius 2 is 1.80 bits per heavy atom. The van der Waals surface area contributed by atoms with E-state index < -0.39 is 7.68 Å². The predicted octanol–water partition coefficient (Wildman–Crippen LogP) is 1.07. The third-order valence-electron chi connectivity index (χ3n) is 1.13. The van der Waals surface area contributed by atoms with Crippen LogP contribution in [-0.4, -0.2) is 0 Å². The molecule has 0 bridgehead atoms. The minimum Gasteiger partial charge on any atom is -0.398 e. The molecule has 1 aromatic carbocycles. The molecule has 0 aliphatic rings. The molecule has 0 fully saturated rings. The molecular formula is C6H6NO2P. The third-order valence-corrected chi connectivity index (χ3v) is 1.93. The topological polar surface area (TPSA) is 60.2 Å². The summed E-state index contributed by atoms with van der Waals surface area (Å²) in [6, 6.07) is 6.36. The van der Waals surface area contributed by atoms with E-state index in [0.29, 0.717) is 5.69 Å². The zero-order valence-electron chi connectivity index (χ0n) is 5.15. The fraction of sp³-hybridized carbons (Fsp3) is 0. The van der Waals surface area contributed by atoms with Crippen molar-refractivity contribution in [1.29, 1.82) is 0 Å². The van der Waals surface area contributed by atoms with E-state index >= 15 is 0 Å². The van der Waals surface area contributed by atoms with Crippen molar-refractivity contribution >= 4 is 18.7 Å². The highest BCUT2D eigenvalue weighted by Crippen LogP contribution is 2.09. The molecule has 0 spiro atoms. The molecule has 0 aromatic heterocycles. The molecule has 0 radical (unpaired) electrons. The first-order chi connectivity index (χ1) is 4.72. The second kappa shape index (κ2) is 2.67. The molecule has 0 heterocycles. The number of nitrogens with two attached hydrogens (primary N) is 1. The van der Waals surface area contributed by atoms with Gasteiger partial charge in [-0.15, -0.1) is 0 Å². The van der Waals surface area contributed by atoms with Crippen molar-refractivity contribution in [3.63, 3.8) is 0 Å². The highest BCUT2D eigenvalue weighted by atomic mass is 31.1. The molecule has 10 heavy (non-hydrogen) atoms. The first-order valence-electron chi connectivity index (χ1n) is 2.70. The quantitative estimate of drug-likeness (QED) is 0.487. The Bertz CT molecular complexity index is 298. The van der Waals surface area contributed by atoms with Gasteiger partial charge in [0.1, 0.15) is 0 Å². The summed E-state index contributed by atoms with van der Waals surface area (Å²) in [4.78, 5) is 0. The molecule has 3 nitrogen and oxygen atoms in total. The lowest BCUT2D eigenvalue weighted by atomic mass is 10.3. The molecule has 0 unspecified atom stereocenters. The largest absolute Gasteiger partial charge is 0.398 e. The van der Waals surface area contributed by atoms with Crippen LogP contribution in [0, 0.1) is 0 Å². The summed E-state index contributed by atoms with van der Waals surface area (Å²) in [5.74, 6) is 0. The number of hydrogen-bond acceptors (Lipinski definition) is 3. The molecular weight excluding hydrogens is 149 g/mol. The lowest BCUT2D eigenvalue weighted by Gasteiger charge is -1.91. The van der Waals surface area contributed by atoms with E-state index in [1.165, 1.54) is 6.07 Å². The minimum absolute atomic E-state index is 0.192. The van der Waals surface area contributed by atoms with Gasteiger partial charge in [0.15, 0.2) is 0 Å². The summed E-state index contributed by atoms with van der Waals surface area (Å²) in [5.41, 5.74) is 5.64. The maximum atomic E-state index is 10.4. The SMILES string of the molecule is Nc1ccccc1P(=O)=O. The molecule has 0 aliphatic carbocycles. The number of hydrogen-bond donors (Lipinski definition) is 1. The summed E-state index contributed by atoms with van der Waals surface area (Å²) in [7, 11) is -2.54. The Labute approximate surface area is 58.7 Å². The van der Waals surface area contributed by atoms with E-state index in [0.717, 1.165) is 0 Å². The molecule has 52 valence electrons. The summed E-state index contributed by atoms with van der Waals surface area (Å²) in [5, 5.41) is 0.192. The van der Waals surface area contributed by atoms with Crippen LogP contribution < -0.4 is 11.0 Å². The summed E-state index contributed by atoms with van der Waals surface area (Å²) < 4.78 is 20.8. The first-order valence-corrected chi connectivity index (χ1v) is 3.88. The van der Waals surface area contributed by atoms with Gasteiger partial charge in [0.2, 0.25) is 0 Å². The van der Waals surface area contributed by atoms with Crippen LogP contribution in [0.1, 0.15) is 0 Å². The first kappa shape index (κ1) is 7.03. The van der Waals surface area contributed by atoms with E-state index in [-0.39, 0.29) is 5.30 Å². The highest BCUT2D eigenvalue weighted by Gasteiger charge is 2.00.